The zero-order valence-corrected chi connectivity index (χ0v) is 10.8. The summed E-state index contributed by atoms with van der Waals surface area (Å²) in [6, 6.07) is 0. The second-order valence-corrected chi connectivity index (χ2v) is 3.80. The molecular weight excluding hydrogens is 226 g/mol. The van der Waals surface area contributed by atoms with E-state index in [4.69, 9.17) is 14.6 Å². The maximum atomic E-state index is 11.2. The first-order valence-electron chi connectivity index (χ1n) is 5.70. The Morgan fingerprint density at radius 3 is 2.47 bits per heavy atom. The number of ether oxygens (including phenoxy) is 2. The van der Waals surface area contributed by atoms with E-state index < -0.39 is 6.10 Å². The molecule has 102 valence electrons. The highest BCUT2D eigenvalue weighted by atomic mass is 16.5. The highest BCUT2D eigenvalue weighted by molar-refractivity contribution is 5.73. The van der Waals surface area contributed by atoms with Crippen LogP contribution in [-0.2, 0) is 14.3 Å². The summed E-state index contributed by atoms with van der Waals surface area (Å²) >= 11 is 0. The lowest BCUT2D eigenvalue weighted by Crippen LogP contribution is -2.40. The summed E-state index contributed by atoms with van der Waals surface area (Å²) in [5.41, 5.74) is 0. The molecule has 6 heteroatoms. The number of aliphatic hydroxyl groups excluding tert-OH is 2. The minimum absolute atomic E-state index is 0.0278. The van der Waals surface area contributed by atoms with Crippen molar-refractivity contribution in [3.05, 3.63) is 0 Å². The van der Waals surface area contributed by atoms with Crippen LogP contribution >= 0.6 is 0 Å². The number of aliphatic hydroxyl groups is 2. The van der Waals surface area contributed by atoms with Gasteiger partial charge in [-0.15, -0.1) is 0 Å². The number of rotatable bonds is 9. The van der Waals surface area contributed by atoms with E-state index in [1.165, 1.54) is 6.92 Å². The molecule has 1 amide bonds. The summed E-state index contributed by atoms with van der Waals surface area (Å²) in [7, 11) is 1.54. The summed E-state index contributed by atoms with van der Waals surface area (Å²) in [6.07, 6.45) is -1.20. The Bertz CT molecular complexity index is 212. The van der Waals surface area contributed by atoms with E-state index in [0.717, 1.165) is 0 Å². The van der Waals surface area contributed by atoms with Gasteiger partial charge in [-0.3, -0.25) is 4.79 Å². The molecule has 17 heavy (non-hydrogen) atoms. The number of carbonyl (C=O) groups excluding carboxylic acids is 1. The molecule has 0 aliphatic carbocycles. The van der Waals surface area contributed by atoms with Crippen molar-refractivity contribution in [1.82, 2.24) is 4.90 Å². The van der Waals surface area contributed by atoms with E-state index in [9.17, 15) is 9.90 Å². The molecule has 6 nitrogen and oxygen atoms in total. The van der Waals surface area contributed by atoms with Gasteiger partial charge in [0.15, 0.2) is 0 Å². The number of nitrogens with zero attached hydrogens (tertiary/aromatic N) is 1. The summed E-state index contributed by atoms with van der Waals surface area (Å²) in [6.45, 7) is 4.41. The van der Waals surface area contributed by atoms with Gasteiger partial charge in [0, 0.05) is 27.1 Å². The van der Waals surface area contributed by atoms with Gasteiger partial charge in [-0.05, 0) is 6.92 Å². The molecule has 0 aliphatic rings. The van der Waals surface area contributed by atoms with Crippen LogP contribution in [0, 0.1) is 0 Å². The molecule has 0 aromatic heterocycles. The molecule has 2 N–H and O–H groups in total. The lowest BCUT2D eigenvalue weighted by atomic mass is 10.3. The Balaban J connectivity index is 4.16. The summed E-state index contributed by atoms with van der Waals surface area (Å²) in [5, 5.41) is 17.8. The van der Waals surface area contributed by atoms with Crippen molar-refractivity contribution < 1.29 is 24.5 Å². The van der Waals surface area contributed by atoms with Crippen LogP contribution in [0.4, 0.5) is 0 Å². The van der Waals surface area contributed by atoms with Crippen LogP contribution in [0.3, 0.4) is 0 Å². The van der Waals surface area contributed by atoms with Gasteiger partial charge >= 0.3 is 0 Å². The van der Waals surface area contributed by atoms with Gasteiger partial charge in [-0.1, -0.05) is 0 Å². The third-order valence-electron chi connectivity index (χ3n) is 2.34. The van der Waals surface area contributed by atoms with Crippen LogP contribution in [0.25, 0.3) is 0 Å². The van der Waals surface area contributed by atoms with E-state index in [2.05, 4.69) is 0 Å². The molecule has 0 aliphatic heterocycles. The van der Waals surface area contributed by atoms with E-state index in [1.807, 2.05) is 6.92 Å². The second kappa shape index (κ2) is 9.35. The molecule has 0 aromatic rings. The average Bonchev–Trinajstić information content (AvgIpc) is 2.31. The number of hydrogen-bond donors (Lipinski definition) is 2. The molecule has 0 heterocycles. The van der Waals surface area contributed by atoms with Crippen molar-refractivity contribution in [1.29, 1.82) is 0 Å². The first-order valence-corrected chi connectivity index (χ1v) is 5.70. The van der Waals surface area contributed by atoms with Crippen molar-refractivity contribution >= 4 is 5.91 Å². The van der Waals surface area contributed by atoms with Crippen molar-refractivity contribution in [3.8, 4) is 0 Å². The second-order valence-electron chi connectivity index (χ2n) is 3.80. The maximum absolute atomic E-state index is 11.2. The fourth-order valence-electron chi connectivity index (χ4n) is 1.37. The van der Waals surface area contributed by atoms with Gasteiger partial charge in [-0.2, -0.15) is 0 Å². The van der Waals surface area contributed by atoms with Gasteiger partial charge in [0.05, 0.1) is 25.9 Å². The summed E-state index contributed by atoms with van der Waals surface area (Å²) < 4.78 is 10.4. The van der Waals surface area contributed by atoms with E-state index in [1.54, 1.807) is 12.0 Å². The van der Waals surface area contributed by atoms with Crippen LogP contribution in [0.2, 0.25) is 0 Å². The predicted molar refractivity (Wildman–Crippen MR) is 62.6 cm³/mol. The van der Waals surface area contributed by atoms with Gasteiger partial charge in [-0.25, -0.2) is 0 Å². The van der Waals surface area contributed by atoms with E-state index in [0.29, 0.717) is 19.7 Å². The van der Waals surface area contributed by atoms with E-state index in [-0.39, 0.29) is 25.2 Å². The van der Waals surface area contributed by atoms with Crippen LogP contribution < -0.4 is 0 Å². The van der Waals surface area contributed by atoms with Crippen LogP contribution in [0.15, 0.2) is 0 Å². The third-order valence-corrected chi connectivity index (χ3v) is 2.34. The molecule has 0 saturated carbocycles. The molecular formula is C11H23NO5. The van der Waals surface area contributed by atoms with Gasteiger partial charge < -0.3 is 24.6 Å². The molecule has 0 fully saturated rings. The largest absolute Gasteiger partial charge is 0.394 e. The Morgan fingerprint density at radius 2 is 2.06 bits per heavy atom. The quantitative estimate of drug-likeness (QED) is 0.561. The topological polar surface area (TPSA) is 79.2 Å². The van der Waals surface area contributed by atoms with Crippen molar-refractivity contribution in [2.24, 2.45) is 0 Å². The van der Waals surface area contributed by atoms with Crippen molar-refractivity contribution in [2.45, 2.75) is 26.1 Å². The molecule has 0 saturated heterocycles. The Kier molecular flexibility index (Phi) is 8.97. The van der Waals surface area contributed by atoms with Crippen LogP contribution in [0.5, 0.6) is 0 Å². The smallest absolute Gasteiger partial charge is 0.219 e. The standard InChI is InChI=1S/C11H23NO5/c1-4-12(9(2)14)5-11(8-16-3)17-7-10(15)6-13/h10-11,13,15H,4-8H2,1-3H3. The maximum Gasteiger partial charge on any atom is 0.219 e. The van der Waals surface area contributed by atoms with Gasteiger partial charge in [0.25, 0.3) is 0 Å². The first-order chi connectivity index (χ1) is 8.04. The number of likely N-dealkylation sites (N-methyl/N-ethyl adjacent to an activating group) is 1. The van der Waals surface area contributed by atoms with E-state index >= 15 is 0 Å². The molecule has 0 spiro atoms. The van der Waals surface area contributed by atoms with Crippen LogP contribution in [-0.4, -0.2) is 73.2 Å². The average molecular weight is 249 g/mol. The van der Waals surface area contributed by atoms with Gasteiger partial charge in [0.2, 0.25) is 5.91 Å². The fourth-order valence-corrected chi connectivity index (χ4v) is 1.37. The molecule has 0 radical (unpaired) electrons. The zero-order valence-electron chi connectivity index (χ0n) is 10.8. The Hall–Kier alpha value is -0.690. The SMILES string of the molecule is CCN(CC(COC)OCC(O)CO)C(C)=O. The number of hydrogen-bond acceptors (Lipinski definition) is 5. The monoisotopic (exact) mass is 249 g/mol. The fraction of sp³-hybridized carbons (Fsp3) is 0.909. The molecule has 0 bridgehead atoms. The first kappa shape index (κ1) is 16.3. The predicted octanol–water partition coefficient (Wildman–Crippen LogP) is -0.760. The molecule has 0 rings (SSSR count). The summed E-state index contributed by atoms with van der Waals surface area (Å²) in [5.74, 6) is -0.0279. The van der Waals surface area contributed by atoms with Crippen LogP contribution in [0.1, 0.15) is 13.8 Å². The number of carbonyl (C=O) groups is 1. The number of methoxy groups -OCH3 is 1. The lowest BCUT2D eigenvalue weighted by Gasteiger charge is -2.26. The highest BCUT2D eigenvalue weighted by Gasteiger charge is 2.17. The third kappa shape index (κ3) is 7.27. The van der Waals surface area contributed by atoms with Gasteiger partial charge in [0.1, 0.15) is 6.10 Å². The van der Waals surface area contributed by atoms with Crippen molar-refractivity contribution in [2.75, 3.05) is 40.0 Å². The minimum atomic E-state index is -0.901. The zero-order chi connectivity index (χ0) is 13.3. The molecule has 2 atom stereocenters. The molecule has 0 aromatic carbocycles. The lowest BCUT2D eigenvalue weighted by molar-refractivity contribution is -0.132. The highest BCUT2D eigenvalue weighted by Crippen LogP contribution is 2.00. The summed E-state index contributed by atoms with van der Waals surface area (Å²) in [4.78, 5) is 12.9. The normalized spacial score (nSPS) is 14.4. The van der Waals surface area contributed by atoms with Crippen molar-refractivity contribution in [3.63, 3.8) is 0 Å². The Morgan fingerprint density at radius 1 is 1.41 bits per heavy atom. The minimum Gasteiger partial charge on any atom is -0.394 e. The Labute approximate surface area is 102 Å². The molecule has 2 unspecified atom stereocenters. The number of amides is 1.